The van der Waals surface area contributed by atoms with Crippen molar-refractivity contribution in [1.29, 1.82) is 0 Å². The molecule has 0 amide bonds. The Labute approximate surface area is 251 Å². The van der Waals surface area contributed by atoms with Gasteiger partial charge in [0.25, 0.3) is 0 Å². The van der Waals surface area contributed by atoms with Crippen LogP contribution in [0.25, 0.3) is 0 Å². The fourth-order valence-corrected chi connectivity index (χ4v) is 12.3. The molecule has 0 heterocycles. The molecule has 2 nitrogen and oxygen atoms in total. The lowest BCUT2D eigenvalue weighted by Crippen LogP contribution is -2.65. The van der Waals surface area contributed by atoms with Crippen LogP contribution in [0.2, 0.25) is 0 Å². The normalized spacial score (nSPS) is 46.8. The molecule has 41 heavy (non-hydrogen) atoms. The van der Waals surface area contributed by atoms with Gasteiger partial charge in [0.2, 0.25) is 0 Å². The lowest BCUT2D eigenvalue weighted by Gasteiger charge is -2.71. The topological polar surface area (TPSA) is 37.3 Å². The highest BCUT2D eigenvalue weighted by molar-refractivity contribution is 5.86. The summed E-state index contributed by atoms with van der Waals surface area (Å²) in [6.07, 6.45) is 14.3. The Bertz CT molecular complexity index is 1230. The van der Waals surface area contributed by atoms with Crippen molar-refractivity contribution in [1.82, 2.24) is 0 Å². The number of fused-ring (bicyclic) bond motifs is 7. The minimum absolute atomic E-state index is 0.0161. The van der Waals surface area contributed by atoms with Crippen molar-refractivity contribution in [2.24, 2.45) is 56.7 Å². The highest BCUT2D eigenvalue weighted by atomic mass is 16.3. The third kappa shape index (κ3) is 4.00. The number of Topliss-reactive ketones (excluding diaryl/α,β-unsaturated/α-hetero) is 1. The van der Waals surface area contributed by atoms with E-state index in [1.165, 1.54) is 30.4 Å². The maximum absolute atomic E-state index is 14.5. The Morgan fingerprint density at radius 2 is 1.63 bits per heavy atom. The van der Waals surface area contributed by atoms with Gasteiger partial charge in [-0.3, -0.25) is 4.79 Å². The first-order chi connectivity index (χ1) is 19.2. The molecule has 1 aromatic rings. The molecule has 1 N–H and O–H groups in total. The number of allylic oxidation sites excluding steroid dienone is 2. The summed E-state index contributed by atoms with van der Waals surface area (Å²) in [6.45, 7) is 19.7. The Morgan fingerprint density at radius 1 is 0.902 bits per heavy atom. The first-order valence-corrected chi connectivity index (χ1v) is 17.2. The molecule has 0 radical (unpaired) electrons. The van der Waals surface area contributed by atoms with Crippen molar-refractivity contribution >= 4 is 5.78 Å². The fourth-order valence-electron chi connectivity index (χ4n) is 12.3. The molecule has 2 heteroatoms. The zero-order chi connectivity index (χ0) is 29.6. The molecule has 0 saturated heterocycles. The van der Waals surface area contributed by atoms with Gasteiger partial charge in [0.05, 0.1) is 6.10 Å². The minimum Gasteiger partial charge on any atom is -0.393 e. The molecule has 1 aromatic carbocycles. The van der Waals surface area contributed by atoms with E-state index in [4.69, 9.17) is 0 Å². The van der Waals surface area contributed by atoms with Gasteiger partial charge in [0.15, 0.2) is 0 Å². The number of aryl methyl sites for hydroxylation is 2. The molecule has 0 spiro atoms. The molecular formula is C39H58O2. The summed E-state index contributed by atoms with van der Waals surface area (Å²) in [4.78, 5) is 14.5. The Balaban J connectivity index is 1.37. The van der Waals surface area contributed by atoms with Crippen molar-refractivity contribution in [2.75, 3.05) is 0 Å². The molecule has 0 bridgehead atoms. The van der Waals surface area contributed by atoms with Gasteiger partial charge in [-0.25, -0.2) is 0 Å². The lowest BCUT2D eigenvalue weighted by atomic mass is 9.33. The zero-order valence-electron chi connectivity index (χ0n) is 27.5. The van der Waals surface area contributed by atoms with E-state index in [-0.39, 0.29) is 33.2 Å². The smallest absolute Gasteiger partial charge is 0.139 e. The van der Waals surface area contributed by atoms with E-state index >= 15 is 0 Å². The summed E-state index contributed by atoms with van der Waals surface area (Å²) in [6, 6.07) is 8.63. The summed E-state index contributed by atoms with van der Waals surface area (Å²) >= 11 is 0. The van der Waals surface area contributed by atoms with Gasteiger partial charge in [0.1, 0.15) is 5.78 Å². The van der Waals surface area contributed by atoms with Crippen molar-refractivity contribution in [3.05, 3.63) is 47.0 Å². The average molecular weight is 559 g/mol. The van der Waals surface area contributed by atoms with Gasteiger partial charge in [0, 0.05) is 11.8 Å². The minimum atomic E-state index is -0.180. The predicted molar refractivity (Wildman–Crippen MR) is 169 cm³/mol. The number of ketones is 1. The van der Waals surface area contributed by atoms with Crippen LogP contribution in [0.5, 0.6) is 0 Å². The van der Waals surface area contributed by atoms with Gasteiger partial charge < -0.3 is 5.11 Å². The number of benzene rings is 1. The van der Waals surface area contributed by atoms with E-state index in [0.29, 0.717) is 41.8 Å². The summed E-state index contributed by atoms with van der Waals surface area (Å²) in [5, 5.41) is 11.0. The monoisotopic (exact) mass is 558 g/mol. The number of carbonyl (C=O) groups is 1. The van der Waals surface area contributed by atoms with Crippen molar-refractivity contribution < 1.29 is 9.90 Å². The third-order valence-corrected chi connectivity index (χ3v) is 15.4. The summed E-state index contributed by atoms with van der Waals surface area (Å²) in [7, 11) is 0. The van der Waals surface area contributed by atoms with E-state index in [0.717, 1.165) is 44.9 Å². The molecule has 0 unspecified atom stereocenters. The quantitative estimate of drug-likeness (QED) is 0.374. The Hall–Kier alpha value is -1.41. The summed E-state index contributed by atoms with van der Waals surface area (Å²) < 4.78 is 0. The van der Waals surface area contributed by atoms with E-state index in [9.17, 15) is 9.90 Å². The van der Waals surface area contributed by atoms with Gasteiger partial charge in [-0.15, -0.1) is 0 Å². The number of aliphatic hydroxyl groups excluding tert-OH is 1. The van der Waals surface area contributed by atoms with Crippen LogP contribution in [-0.2, 0) is 11.2 Å². The first-order valence-electron chi connectivity index (χ1n) is 17.2. The molecular weight excluding hydrogens is 500 g/mol. The van der Waals surface area contributed by atoms with Crippen LogP contribution in [0, 0.1) is 63.6 Å². The number of rotatable bonds is 4. The van der Waals surface area contributed by atoms with Crippen LogP contribution < -0.4 is 0 Å². The molecule has 0 aromatic heterocycles. The van der Waals surface area contributed by atoms with Crippen molar-refractivity contribution in [3.8, 4) is 0 Å². The average Bonchev–Trinajstić information content (AvgIpc) is 2.93. The summed E-state index contributed by atoms with van der Waals surface area (Å²) in [5.41, 5.74) is 4.81. The van der Waals surface area contributed by atoms with Gasteiger partial charge in [-0.2, -0.15) is 0 Å². The number of hydrogen-bond donors (Lipinski definition) is 1. The number of hydrogen-bond acceptors (Lipinski definition) is 2. The second kappa shape index (κ2) is 9.80. The third-order valence-electron chi connectivity index (χ3n) is 15.4. The number of aliphatic hydroxyl groups is 1. The Kier molecular flexibility index (Phi) is 7.09. The predicted octanol–water partition coefficient (Wildman–Crippen LogP) is 9.52. The lowest BCUT2D eigenvalue weighted by molar-refractivity contribution is -0.204. The summed E-state index contributed by atoms with van der Waals surface area (Å²) in [5.74, 6) is 3.39. The van der Waals surface area contributed by atoms with Gasteiger partial charge in [-0.1, -0.05) is 84.4 Å². The van der Waals surface area contributed by atoms with Crippen LogP contribution in [-0.4, -0.2) is 17.0 Å². The van der Waals surface area contributed by atoms with Crippen LogP contribution in [0.4, 0.5) is 0 Å². The second-order valence-corrected chi connectivity index (χ2v) is 17.0. The maximum atomic E-state index is 14.5. The van der Waals surface area contributed by atoms with Crippen molar-refractivity contribution in [3.63, 3.8) is 0 Å². The van der Waals surface area contributed by atoms with E-state index in [1.807, 2.05) is 0 Å². The highest BCUT2D eigenvalue weighted by Crippen LogP contribution is 2.75. The molecule has 4 fully saturated rings. The van der Waals surface area contributed by atoms with E-state index in [2.05, 4.69) is 85.7 Å². The molecule has 4 saturated carbocycles. The van der Waals surface area contributed by atoms with Gasteiger partial charge in [-0.05, 0) is 134 Å². The standard InChI is InChI=1S/C39H58O2/c1-25-17-22-39(33(41)16-13-28-12-10-9-11-26(28)2)24-23-37(7)29(34(39)27(25)3)14-15-31-36(6)20-19-32(40)35(4,5)30(36)18-21-38(31,37)8/h9-12,14,25,27,30-32,34,40H,13,15-24H2,1-8H3/t25-,27+,30+,31-,32+,34+,36+,37-,38-,39-/m1/s1. The zero-order valence-corrected chi connectivity index (χ0v) is 27.5. The number of carbonyl (C=O) groups excluding carboxylic acids is 1. The van der Waals surface area contributed by atoms with Crippen LogP contribution in [0.1, 0.15) is 124 Å². The Morgan fingerprint density at radius 3 is 2.37 bits per heavy atom. The van der Waals surface area contributed by atoms with Crippen LogP contribution in [0.3, 0.4) is 0 Å². The molecule has 0 aliphatic heterocycles. The molecule has 6 rings (SSSR count). The van der Waals surface area contributed by atoms with E-state index in [1.54, 1.807) is 5.57 Å². The molecule has 226 valence electrons. The van der Waals surface area contributed by atoms with E-state index < -0.39 is 0 Å². The molecule has 5 aliphatic rings. The van der Waals surface area contributed by atoms with Gasteiger partial charge >= 0.3 is 0 Å². The second-order valence-electron chi connectivity index (χ2n) is 17.0. The van der Waals surface area contributed by atoms with Crippen molar-refractivity contribution in [2.45, 2.75) is 132 Å². The largest absolute Gasteiger partial charge is 0.393 e. The highest BCUT2D eigenvalue weighted by Gasteiger charge is 2.69. The van der Waals surface area contributed by atoms with Crippen LogP contribution >= 0.6 is 0 Å². The molecule has 10 atom stereocenters. The fraction of sp³-hybridized carbons (Fsp3) is 0.769. The maximum Gasteiger partial charge on any atom is 0.139 e. The first kappa shape index (κ1) is 29.7. The molecule has 5 aliphatic carbocycles. The van der Waals surface area contributed by atoms with Crippen LogP contribution in [0.15, 0.2) is 35.9 Å². The SMILES string of the molecule is Cc1ccccc1CCC(=O)[C@]12CC[C@@H](C)[C@H](C)[C@H]1C1=CC[C@@H]3[C@@]4(C)CC[C@H](O)C(C)(C)[C@@H]4CC[C@@]3(C)[C@]1(C)CC2.